The van der Waals surface area contributed by atoms with Crippen LogP contribution in [0.4, 0.5) is 14.5 Å². The standard InChI is InChI=1S/C19H28F2N4O3/c1-2-3-8-22-17(26)13-24-9-11-25(12-10-24)14-18(27)23-15-6-4-5-7-16(15)28-19(20)21/h4-7,19H,2-3,8-14H2,1H3,(H,22,26)(H,23,27). The number of carbonyl (C=O) groups is 2. The lowest BCUT2D eigenvalue weighted by molar-refractivity contribution is -0.123. The normalized spacial score (nSPS) is 15.4. The maximum absolute atomic E-state index is 12.4. The number of unbranched alkanes of at least 4 members (excludes halogenated alkanes) is 1. The maximum Gasteiger partial charge on any atom is 0.387 e. The minimum Gasteiger partial charge on any atom is -0.433 e. The minimum absolute atomic E-state index is 0.0234. The molecule has 0 aliphatic carbocycles. The van der Waals surface area contributed by atoms with Gasteiger partial charge in [0.2, 0.25) is 11.8 Å². The molecule has 2 N–H and O–H groups in total. The summed E-state index contributed by atoms with van der Waals surface area (Å²) in [5.41, 5.74) is 0.218. The number of ether oxygens (including phenoxy) is 1. The third kappa shape index (κ3) is 7.77. The molecule has 9 heteroatoms. The van der Waals surface area contributed by atoms with Crippen molar-refractivity contribution in [3.05, 3.63) is 24.3 Å². The molecule has 0 saturated carbocycles. The van der Waals surface area contributed by atoms with Crippen LogP contribution in [0.15, 0.2) is 24.3 Å². The summed E-state index contributed by atoms with van der Waals surface area (Å²) in [6.45, 7) is 3.04. The van der Waals surface area contributed by atoms with Gasteiger partial charge in [-0.2, -0.15) is 8.78 Å². The molecule has 1 aliphatic heterocycles. The van der Waals surface area contributed by atoms with Crippen LogP contribution in [0.2, 0.25) is 0 Å². The molecule has 1 aromatic rings. The molecule has 0 unspecified atom stereocenters. The lowest BCUT2D eigenvalue weighted by Gasteiger charge is -2.33. The molecule has 28 heavy (non-hydrogen) atoms. The Labute approximate surface area is 164 Å². The van der Waals surface area contributed by atoms with Crippen LogP contribution in [0.3, 0.4) is 0 Å². The summed E-state index contributed by atoms with van der Waals surface area (Å²) in [4.78, 5) is 28.1. The quantitative estimate of drug-likeness (QED) is 0.588. The van der Waals surface area contributed by atoms with Crippen LogP contribution in [0, 0.1) is 0 Å². The van der Waals surface area contributed by atoms with Crippen LogP contribution in [0.25, 0.3) is 0 Å². The molecule has 2 amide bonds. The van der Waals surface area contributed by atoms with Gasteiger partial charge in [0.15, 0.2) is 0 Å². The highest BCUT2D eigenvalue weighted by atomic mass is 19.3. The number of para-hydroxylation sites is 2. The highest BCUT2D eigenvalue weighted by molar-refractivity contribution is 5.93. The molecule has 0 spiro atoms. The minimum atomic E-state index is -2.95. The fraction of sp³-hybridized carbons (Fsp3) is 0.579. The van der Waals surface area contributed by atoms with E-state index in [1.54, 1.807) is 12.1 Å². The second-order valence-corrected chi connectivity index (χ2v) is 6.68. The Balaban J connectivity index is 1.73. The van der Waals surface area contributed by atoms with Crippen molar-refractivity contribution in [3.63, 3.8) is 0 Å². The van der Waals surface area contributed by atoms with Crippen molar-refractivity contribution in [2.75, 3.05) is 51.1 Å². The highest BCUT2D eigenvalue weighted by Crippen LogP contribution is 2.25. The lowest BCUT2D eigenvalue weighted by Crippen LogP contribution is -2.51. The van der Waals surface area contributed by atoms with E-state index >= 15 is 0 Å². The number of nitrogens with zero attached hydrogens (tertiary/aromatic N) is 2. The third-order valence-corrected chi connectivity index (χ3v) is 4.43. The van der Waals surface area contributed by atoms with Crippen LogP contribution < -0.4 is 15.4 Å². The molecule has 1 heterocycles. The maximum atomic E-state index is 12.4. The zero-order valence-electron chi connectivity index (χ0n) is 16.1. The summed E-state index contributed by atoms with van der Waals surface area (Å²) in [6, 6.07) is 6.10. The van der Waals surface area contributed by atoms with E-state index in [4.69, 9.17) is 0 Å². The van der Waals surface area contributed by atoms with E-state index in [9.17, 15) is 18.4 Å². The SMILES string of the molecule is CCCCNC(=O)CN1CCN(CC(=O)Nc2ccccc2OC(F)F)CC1. The van der Waals surface area contributed by atoms with Gasteiger partial charge in [-0.25, -0.2) is 0 Å². The van der Waals surface area contributed by atoms with Gasteiger partial charge in [0, 0.05) is 32.7 Å². The van der Waals surface area contributed by atoms with Gasteiger partial charge in [0.25, 0.3) is 0 Å². The fourth-order valence-corrected chi connectivity index (χ4v) is 2.93. The van der Waals surface area contributed by atoms with Crippen molar-refractivity contribution in [1.29, 1.82) is 0 Å². The highest BCUT2D eigenvalue weighted by Gasteiger charge is 2.21. The van der Waals surface area contributed by atoms with E-state index in [1.165, 1.54) is 12.1 Å². The average molecular weight is 398 g/mol. The van der Waals surface area contributed by atoms with Gasteiger partial charge in [-0.15, -0.1) is 0 Å². The number of amides is 2. The van der Waals surface area contributed by atoms with Crippen LogP contribution in [-0.4, -0.2) is 74.0 Å². The second-order valence-electron chi connectivity index (χ2n) is 6.68. The molecular weight excluding hydrogens is 370 g/mol. The van der Waals surface area contributed by atoms with Crippen LogP contribution >= 0.6 is 0 Å². The number of piperazine rings is 1. The number of alkyl halides is 2. The molecule has 7 nitrogen and oxygen atoms in total. The van der Waals surface area contributed by atoms with Crippen molar-refractivity contribution in [1.82, 2.24) is 15.1 Å². The number of benzene rings is 1. The fourth-order valence-electron chi connectivity index (χ4n) is 2.93. The Hall–Kier alpha value is -2.26. The summed E-state index contributed by atoms with van der Waals surface area (Å²) >= 11 is 0. The molecule has 2 rings (SSSR count). The second kappa shape index (κ2) is 11.6. The zero-order chi connectivity index (χ0) is 20.4. The first-order valence-corrected chi connectivity index (χ1v) is 9.53. The van der Waals surface area contributed by atoms with E-state index in [0.29, 0.717) is 39.3 Å². The molecule has 1 aromatic carbocycles. The largest absolute Gasteiger partial charge is 0.433 e. The Bertz CT molecular complexity index is 637. The first kappa shape index (κ1) is 22.0. The summed E-state index contributed by atoms with van der Waals surface area (Å²) in [5.74, 6) is -0.337. The molecule has 0 radical (unpaired) electrons. The summed E-state index contributed by atoms with van der Waals surface area (Å²) in [6.07, 6.45) is 2.01. The monoisotopic (exact) mass is 398 g/mol. The molecule has 1 fully saturated rings. The average Bonchev–Trinajstić information content (AvgIpc) is 2.65. The summed E-state index contributed by atoms with van der Waals surface area (Å²) in [5, 5.41) is 5.52. The Kier molecular flexibility index (Phi) is 9.09. The van der Waals surface area contributed by atoms with Gasteiger partial charge in [-0.1, -0.05) is 25.5 Å². The number of carbonyl (C=O) groups excluding carboxylic acids is 2. The molecule has 156 valence electrons. The Morgan fingerprint density at radius 1 is 1.07 bits per heavy atom. The van der Waals surface area contributed by atoms with Gasteiger partial charge in [0.05, 0.1) is 18.8 Å². The van der Waals surface area contributed by atoms with Gasteiger partial charge in [-0.3, -0.25) is 19.4 Å². The molecule has 1 aliphatic rings. The van der Waals surface area contributed by atoms with Gasteiger partial charge >= 0.3 is 6.61 Å². The third-order valence-electron chi connectivity index (χ3n) is 4.43. The smallest absolute Gasteiger partial charge is 0.387 e. The van der Waals surface area contributed by atoms with E-state index in [2.05, 4.69) is 27.2 Å². The van der Waals surface area contributed by atoms with Crippen molar-refractivity contribution in [2.24, 2.45) is 0 Å². The lowest BCUT2D eigenvalue weighted by atomic mass is 10.2. The van der Waals surface area contributed by atoms with Crippen LogP contribution in [0.5, 0.6) is 5.75 Å². The van der Waals surface area contributed by atoms with Crippen LogP contribution in [-0.2, 0) is 9.59 Å². The number of rotatable bonds is 10. The molecule has 0 aromatic heterocycles. The first-order valence-electron chi connectivity index (χ1n) is 9.53. The van der Waals surface area contributed by atoms with E-state index < -0.39 is 6.61 Å². The molecule has 1 saturated heterocycles. The number of anilines is 1. The van der Waals surface area contributed by atoms with E-state index in [0.717, 1.165) is 12.8 Å². The molecule has 0 atom stereocenters. The van der Waals surface area contributed by atoms with Crippen molar-refractivity contribution < 1.29 is 23.1 Å². The van der Waals surface area contributed by atoms with Crippen LogP contribution in [0.1, 0.15) is 19.8 Å². The Morgan fingerprint density at radius 2 is 1.68 bits per heavy atom. The number of hydrogen-bond donors (Lipinski definition) is 2. The zero-order valence-corrected chi connectivity index (χ0v) is 16.1. The van der Waals surface area contributed by atoms with Gasteiger partial charge in [-0.05, 0) is 18.6 Å². The summed E-state index contributed by atoms with van der Waals surface area (Å²) < 4.78 is 29.3. The van der Waals surface area contributed by atoms with Gasteiger partial charge in [0.1, 0.15) is 5.75 Å². The molecular formula is C19H28F2N4O3. The van der Waals surface area contributed by atoms with Crippen molar-refractivity contribution in [3.8, 4) is 5.75 Å². The number of hydrogen-bond acceptors (Lipinski definition) is 5. The Morgan fingerprint density at radius 3 is 2.29 bits per heavy atom. The number of nitrogens with one attached hydrogen (secondary N) is 2. The van der Waals surface area contributed by atoms with E-state index in [-0.39, 0.29) is 29.8 Å². The summed E-state index contributed by atoms with van der Waals surface area (Å²) in [7, 11) is 0. The predicted octanol–water partition coefficient (Wildman–Crippen LogP) is 1.76. The van der Waals surface area contributed by atoms with Crippen molar-refractivity contribution in [2.45, 2.75) is 26.4 Å². The first-order chi connectivity index (χ1) is 13.5. The topological polar surface area (TPSA) is 73.9 Å². The molecule has 0 bridgehead atoms. The number of halogens is 2. The van der Waals surface area contributed by atoms with Gasteiger partial charge < -0.3 is 15.4 Å². The van der Waals surface area contributed by atoms with E-state index in [1.807, 2.05) is 4.90 Å². The predicted molar refractivity (Wildman–Crippen MR) is 103 cm³/mol. The van der Waals surface area contributed by atoms with Crippen molar-refractivity contribution >= 4 is 17.5 Å².